The predicted octanol–water partition coefficient (Wildman–Crippen LogP) is 0.742. The summed E-state index contributed by atoms with van der Waals surface area (Å²) in [5.41, 5.74) is 2.15. The van der Waals surface area contributed by atoms with Crippen molar-refractivity contribution < 1.29 is 0 Å². The molecule has 0 atom stereocenters. The Morgan fingerprint density at radius 2 is 2.33 bits per heavy atom. The van der Waals surface area contributed by atoms with Crippen LogP contribution in [0.2, 0.25) is 0 Å². The van der Waals surface area contributed by atoms with Crippen molar-refractivity contribution in [2.45, 2.75) is 20.3 Å². The first-order valence-corrected chi connectivity index (χ1v) is 2.98. The fourth-order valence-corrected chi connectivity index (χ4v) is 0.695. The maximum atomic E-state index is 3.84. The molecule has 0 aliphatic heterocycles. The van der Waals surface area contributed by atoms with E-state index in [4.69, 9.17) is 0 Å². The molecule has 0 spiro atoms. The highest BCUT2D eigenvalue weighted by Crippen LogP contribution is 1.98. The molecule has 0 aromatic carbocycles. The maximum Gasteiger partial charge on any atom is 0.0691 e. The topological polar surface area (TPSA) is 38.7 Å². The molecular formula is C6H9N3. The molecule has 0 aliphatic carbocycles. The number of aromatic nitrogens is 3. The van der Waals surface area contributed by atoms with E-state index >= 15 is 0 Å². The van der Waals surface area contributed by atoms with Crippen molar-refractivity contribution in [1.82, 2.24) is 15.4 Å². The molecule has 0 aliphatic rings. The molecule has 1 aromatic rings. The summed E-state index contributed by atoms with van der Waals surface area (Å²) in [4.78, 5) is 0. The predicted molar refractivity (Wildman–Crippen MR) is 33.9 cm³/mol. The zero-order valence-electron chi connectivity index (χ0n) is 5.63. The summed E-state index contributed by atoms with van der Waals surface area (Å²) < 4.78 is 0. The van der Waals surface area contributed by atoms with Crippen molar-refractivity contribution in [2.24, 2.45) is 0 Å². The molecule has 48 valence electrons. The second kappa shape index (κ2) is 2.53. The van der Waals surface area contributed by atoms with Gasteiger partial charge >= 0.3 is 0 Å². The van der Waals surface area contributed by atoms with Crippen molar-refractivity contribution in [1.29, 1.82) is 0 Å². The van der Waals surface area contributed by atoms with Crippen LogP contribution in [-0.2, 0) is 6.42 Å². The second-order valence-electron chi connectivity index (χ2n) is 1.92. The lowest BCUT2D eigenvalue weighted by atomic mass is 10.2. The van der Waals surface area contributed by atoms with Crippen molar-refractivity contribution >= 4 is 0 Å². The normalized spacial score (nSPS) is 9.56. The third kappa shape index (κ3) is 1.22. The second-order valence-corrected chi connectivity index (χ2v) is 1.92. The molecule has 9 heavy (non-hydrogen) atoms. The van der Waals surface area contributed by atoms with Gasteiger partial charge in [0, 0.05) is 0 Å². The molecule has 1 aromatic heterocycles. The van der Waals surface area contributed by atoms with Crippen LogP contribution in [0, 0.1) is 6.92 Å². The van der Waals surface area contributed by atoms with Crippen LogP contribution in [0.3, 0.4) is 0 Å². The van der Waals surface area contributed by atoms with E-state index in [1.54, 1.807) is 6.20 Å². The van der Waals surface area contributed by atoms with E-state index in [1.807, 2.05) is 6.92 Å². The Bertz CT molecular complexity index is 197. The van der Waals surface area contributed by atoms with Gasteiger partial charge in [0.1, 0.15) is 0 Å². The van der Waals surface area contributed by atoms with E-state index < -0.39 is 0 Å². The molecule has 0 bridgehead atoms. The van der Waals surface area contributed by atoms with E-state index in [9.17, 15) is 0 Å². The number of hydrogen-bond donors (Lipinski definition) is 0. The van der Waals surface area contributed by atoms with Crippen LogP contribution in [-0.4, -0.2) is 15.4 Å². The van der Waals surface area contributed by atoms with Gasteiger partial charge in [0.15, 0.2) is 0 Å². The number of hydrogen-bond acceptors (Lipinski definition) is 3. The minimum atomic E-state index is 0.932. The van der Waals surface area contributed by atoms with E-state index in [1.165, 1.54) is 0 Å². The van der Waals surface area contributed by atoms with Crippen LogP contribution in [0.15, 0.2) is 6.20 Å². The van der Waals surface area contributed by atoms with Crippen LogP contribution in [0.4, 0.5) is 0 Å². The van der Waals surface area contributed by atoms with Gasteiger partial charge < -0.3 is 0 Å². The lowest BCUT2D eigenvalue weighted by Crippen LogP contribution is -1.95. The Morgan fingerprint density at radius 3 is 2.78 bits per heavy atom. The van der Waals surface area contributed by atoms with Gasteiger partial charge in [-0.15, -0.1) is 10.2 Å². The van der Waals surface area contributed by atoms with Crippen molar-refractivity contribution in [3.05, 3.63) is 17.5 Å². The van der Waals surface area contributed by atoms with Crippen molar-refractivity contribution in [3.63, 3.8) is 0 Å². The van der Waals surface area contributed by atoms with Gasteiger partial charge in [-0.25, -0.2) is 0 Å². The van der Waals surface area contributed by atoms with Crippen LogP contribution in [0.1, 0.15) is 18.2 Å². The van der Waals surface area contributed by atoms with Crippen LogP contribution < -0.4 is 0 Å². The summed E-state index contributed by atoms with van der Waals surface area (Å²) in [6.45, 7) is 4.04. The summed E-state index contributed by atoms with van der Waals surface area (Å²) in [5, 5.41) is 11.0. The first kappa shape index (κ1) is 6.13. The Morgan fingerprint density at radius 1 is 1.56 bits per heavy atom. The van der Waals surface area contributed by atoms with Crippen LogP contribution in [0.5, 0.6) is 0 Å². The molecule has 1 heterocycles. The van der Waals surface area contributed by atoms with E-state index in [-0.39, 0.29) is 0 Å². The smallest absolute Gasteiger partial charge is 0.0691 e. The third-order valence-electron chi connectivity index (χ3n) is 1.26. The van der Waals surface area contributed by atoms with Gasteiger partial charge in [0.25, 0.3) is 0 Å². The lowest BCUT2D eigenvalue weighted by molar-refractivity contribution is 0.799. The van der Waals surface area contributed by atoms with Gasteiger partial charge in [-0.05, 0) is 24.1 Å². The molecule has 0 N–H and O–H groups in total. The van der Waals surface area contributed by atoms with E-state index in [0.29, 0.717) is 0 Å². The molecular weight excluding hydrogens is 114 g/mol. The molecule has 0 saturated heterocycles. The highest BCUT2D eigenvalue weighted by Gasteiger charge is 1.93. The zero-order valence-corrected chi connectivity index (χ0v) is 5.63. The van der Waals surface area contributed by atoms with Gasteiger partial charge in [-0.2, -0.15) is 0 Å². The standard InChI is InChI=1S/C6H9N3/c1-3-6-5(2)4-7-9-8-6/h4H,3H2,1-2H3. The highest BCUT2D eigenvalue weighted by molar-refractivity contribution is 5.10. The van der Waals surface area contributed by atoms with Gasteiger partial charge in [0.2, 0.25) is 0 Å². The molecule has 0 saturated carbocycles. The number of nitrogens with zero attached hydrogens (tertiary/aromatic N) is 3. The van der Waals surface area contributed by atoms with Gasteiger partial charge in [0.05, 0.1) is 11.9 Å². The first-order chi connectivity index (χ1) is 4.34. The molecule has 1 rings (SSSR count). The Hall–Kier alpha value is -0.990. The molecule has 0 radical (unpaired) electrons. The largest absolute Gasteiger partial charge is 0.138 e. The Kier molecular flexibility index (Phi) is 1.72. The first-order valence-electron chi connectivity index (χ1n) is 2.98. The zero-order chi connectivity index (χ0) is 6.69. The molecule has 0 amide bonds. The van der Waals surface area contributed by atoms with Gasteiger partial charge in [-0.1, -0.05) is 6.92 Å². The molecule has 0 fully saturated rings. The quantitative estimate of drug-likeness (QED) is 0.553. The Labute approximate surface area is 54.1 Å². The molecule has 3 nitrogen and oxygen atoms in total. The highest BCUT2D eigenvalue weighted by atomic mass is 15.3. The van der Waals surface area contributed by atoms with Gasteiger partial charge in [-0.3, -0.25) is 0 Å². The number of aryl methyl sites for hydroxylation is 2. The van der Waals surface area contributed by atoms with Crippen LogP contribution in [0.25, 0.3) is 0 Å². The van der Waals surface area contributed by atoms with Crippen molar-refractivity contribution in [3.8, 4) is 0 Å². The minimum Gasteiger partial charge on any atom is -0.138 e. The fraction of sp³-hybridized carbons (Fsp3) is 0.500. The fourth-order valence-electron chi connectivity index (χ4n) is 0.695. The minimum absolute atomic E-state index is 0.932. The van der Waals surface area contributed by atoms with E-state index in [2.05, 4.69) is 22.3 Å². The summed E-state index contributed by atoms with van der Waals surface area (Å²) >= 11 is 0. The summed E-state index contributed by atoms with van der Waals surface area (Å²) in [6, 6.07) is 0. The van der Waals surface area contributed by atoms with Crippen molar-refractivity contribution in [2.75, 3.05) is 0 Å². The molecule has 0 unspecified atom stereocenters. The van der Waals surface area contributed by atoms with E-state index in [0.717, 1.165) is 17.7 Å². The summed E-state index contributed by atoms with van der Waals surface area (Å²) in [7, 11) is 0. The molecule has 3 heteroatoms. The third-order valence-corrected chi connectivity index (χ3v) is 1.26. The van der Waals surface area contributed by atoms with Crippen LogP contribution >= 0.6 is 0 Å². The maximum absolute atomic E-state index is 3.84. The SMILES string of the molecule is CCc1nnncc1C. The number of rotatable bonds is 1. The summed E-state index contributed by atoms with van der Waals surface area (Å²) in [6.07, 6.45) is 2.66. The summed E-state index contributed by atoms with van der Waals surface area (Å²) in [5.74, 6) is 0. The average molecular weight is 123 g/mol. The average Bonchev–Trinajstić information content (AvgIpc) is 1.89. The Balaban J connectivity index is 3.01. The lowest BCUT2D eigenvalue weighted by Gasteiger charge is -1.94. The monoisotopic (exact) mass is 123 g/mol.